The number of nitrogens with zero attached hydrogens (tertiary/aromatic N) is 4. The van der Waals surface area contributed by atoms with Crippen LogP contribution >= 0.6 is 0 Å². The van der Waals surface area contributed by atoms with Gasteiger partial charge in [-0.05, 0) is 38.3 Å². The van der Waals surface area contributed by atoms with Crippen LogP contribution in [0, 0.1) is 18.6 Å². The average molecular weight is 412 g/mol. The molecule has 1 unspecified atom stereocenters. The van der Waals surface area contributed by atoms with E-state index < -0.39 is 21.7 Å². The number of benzene rings is 1. The van der Waals surface area contributed by atoms with Crippen LogP contribution in [-0.4, -0.2) is 53.8 Å². The van der Waals surface area contributed by atoms with Crippen molar-refractivity contribution in [2.24, 2.45) is 0 Å². The number of sulfonamides is 1. The van der Waals surface area contributed by atoms with Crippen molar-refractivity contribution in [3.05, 3.63) is 41.5 Å². The minimum absolute atomic E-state index is 0.160. The molecule has 2 aromatic rings. The molecule has 0 radical (unpaired) electrons. The maximum Gasteiger partial charge on any atom is 0.243 e. The zero-order chi connectivity index (χ0) is 19.9. The standard InChI is InChI=1S/C18H22F2N4O3S/c1-12-21-18(13-3-6-27-7-4-13)24(22-12)16-2-5-23(11-16)28(25,26)17-9-14(19)8-15(20)10-17/h8-10,13,16H,2-7,11H2,1H3. The van der Waals surface area contributed by atoms with Gasteiger partial charge in [-0.3, -0.25) is 0 Å². The van der Waals surface area contributed by atoms with Crippen LogP contribution < -0.4 is 0 Å². The number of hydrogen-bond acceptors (Lipinski definition) is 5. The summed E-state index contributed by atoms with van der Waals surface area (Å²) in [6.45, 7) is 3.62. The van der Waals surface area contributed by atoms with Crippen LogP contribution in [0.25, 0.3) is 0 Å². The van der Waals surface area contributed by atoms with E-state index in [-0.39, 0.29) is 29.9 Å². The summed E-state index contributed by atoms with van der Waals surface area (Å²) in [7, 11) is -3.98. The highest BCUT2D eigenvalue weighted by Gasteiger charge is 2.36. The van der Waals surface area contributed by atoms with Crippen molar-refractivity contribution in [1.29, 1.82) is 0 Å². The maximum atomic E-state index is 13.5. The quantitative estimate of drug-likeness (QED) is 0.771. The monoisotopic (exact) mass is 412 g/mol. The maximum absolute atomic E-state index is 13.5. The fraction of sp³-hybridized carbons (Fsp3) is 0.556. The van der Waals surface area contributed by atoms with Crippen LogP contribution in [0.3, 0.4) is 0 Å². The summed E-state index contributed by atoms with van der Waals surface area (Å²) in [5.41, 5.74) is 0. The van der Waals surface area contributed by atoms with E-state index in [1.807, 2.05) is 11.6 Å². The number of halogens is 2. The van der Waals surface area contributed by atoms with Crippen molar-refractivity contribution in [2.45, 2.75) is 43.0 Å². The van der Waals surface area contributed by atoms with E-state index in [0.717, 1.165) is 30.8 Å². The third-order valence-electron chi connectivity index (χ3n) is 5.30. The second-order valence-corrected chi connectivity index (χ2v) is 9.20. The summed E-state index contributed by atoms with van der Waals surface area (Å²) in [6, 6.07) is 2.19. The molecule has 0 saturated carbocycles. The van der Waals surface area contributed by atoms with Crippen molar-refractivity contribution in [2.75, 3.05) is 26.3 Å². The highest BCUT2D eigenvalue weighted by molar-refractivity contribution is 7.89. The molecule has 0 aliphatic carbocycles. The number of ether oxygens (including phenoxy) is 1. The number of rotatable bonds is 4. The lowest BCUT2D eigenvalue weighted by molar-refractivity contribution is 0.0821. The molecule has 2 aliphatic rings. The average Bonchev–Trinajstić information content (AvgIpc) is 3.28. The molecule has 7 nitrogen and oxygen atoms in total. The van der Waals surface area contributed by atoms with Crippen molar-refractivity contribution in [3.63, 3.8) is 0 Å². The van der Waals surface area contributed by atoms with Crippen LogP contribution in [0.15, 0.2) is 23.1 Å². The molecular formula is C18H22F2N4O3S. The first-order valence-corrected chi connectivity index (χ1v) is 10.8. The number of aryl methyl sites for hydroxylation is 1. The van der Waals surface area contributed by atoms with Crippen molar-refractivity contribution >= 4 is 10.0 Å². The van der Waals surface area contributed by atoms with Gasteiger partial charge in [0.25, 0.3) is 0 Å². The van der Waals surface area contributed by atoms with Crippen LogP contribution in [0.2, 0.25) is 0 Å². The summed E-state index contributed by atoms with van der Waals surface area (Å²) in [4.78, 5) is 4.21. The fourth-order valence-electron chi connectivity index (χ4n) is 3.90. The zero-order valence-corrected chi connectivity index (χ0v) is 16.3. The molecule has 0 bridgehead atoms. The van der Waals surface area contributed by atoms with Gasteiger partial charge < -0.3 is 4.74 Å². The molecule has 152 valence electrons. The van der Waals surface area contributed by atoms with E-state index in [1.165, 1.54) is 4.31 Å². The van der Waals surface area contributed by atoms with Crippen molar-refractivity contribution < 1.29 is 21.9 Å². The topological polar surface area (TPSA) is 77.3 Å². The van der Waals surface area contributed by atoms with Gasteiger partial charge in [0.2, 0.25) is 10.0 Å². The van der Waals surface area contributed by atoms with Gasteiger partial charge in [0, 0.05) is 38.3 Å². The van der Waals surface area contributed by atoms with Crippen LogP contribution in [-0.2, 0) is 14.8 Å². The molecular weight excluding hydrogens is 390 g/mol. The molecule has 10 heteroatoms. The number of hydrogen-bond donors (Lipinski definition) is 0. The lowest BCUT2D eigenvalue weighted by Crippen LogP contribution is -2.30. The van der Waals surface area contributed by atoms with Gasteiger partial charge in [-0.1, -0.05) is 0 Å². The van der Waals surface area contributed by atoms with E-state index in [9.17, 15) is 17.2 Å². The highest BCUT2D eigenvalue weighted by Crippen LogP contribution is 2.32. The van der Waals surface area contributed by atoms with Gasteiger partial charge in [-0.15, -0.1) is 0 Å². The molecule has 1 aromatic carbocycles. The Kier molecular flexibility index (Phi) is 5.19. The predicted octanol–water partition coefficient (Wildman–Crippen LogP) is 2.39. The Morgan fingerprint density at radius 1 is 1.11 bits per heavy atom. The van der Waals surface area contributed by atoms with Crippen LogP contribution in [0.5, 0.6) is 0 Å². The molecule has 2 fully saturated rings. The molecule has 2 aliphatic heterocycles. The Bertz CT molecular complexity index is 953. The molecule has 28 heavy (non-hydrogen) atoms. The molecule has 0 N–H and O–H groups in total. The van der Waals surface area contributed by atoms with E-state index >= 15 is 0 Å². The Morgan fingerprint density at radius 2 is 1.79 bits per heavy atom. The minimum atomic E-state index is -3.98. The highest BCUT2D eigenvalue weighted by atomic mass is 32.2. The second-order valence-electron chi connectivity index (χ2n) is 7.26. The third-order valence-corrected chi connectivity index (χ3v) is 7.14. The Hall–Kier alpha value is -1.91. The van der Waals surface area contributed by atoms with Gasteiger partial charge >= 0.3 is 0 Å². The summed E-state index contributed by atoms with van der Waals surface area (Å²) in [5, 5.41) is 4.51. The van der Waals surface area contributed by atoms with Gasteiger partial charge in [0.05, 0.1) is 10.9 Å². The van der Waals surface area contributed by atoms with E-state index in [0.29, 0.717) is 31.5 Å². The van der Waals surface area contributed by atoms with Crippen LogP contribution in [0.1, 0.15) is 42.9 Å². The smallest absolute Gasteiger partial charge is 0.243 e. The Balaban J connectivity index is 1.57. The van der Waals surface area contributed by atoms with E-state index in [2.05, 4.69) is 10.1 Å². The third kappa shape index (κ3) is 3.68. The van der Waals surface area contributed by atoms with Crippen LogP contribution in [0.4, 0.5) is 8.78 Å². The summed E-state index contributed by atoms with van der Waals surface area (Å²) < 4.78 is 61.2. The molecule has 4 rings (SSSR count). The first kappa shape index (κ1) is 19.4. The van der Waals surface area contributed by atoms with Gasteiger partial charge in [0.15, 0.2) is 0 Å². The van der Waals surface area contributed by atoms with Crippen molar-refractivity contribution in [3.8, 4) is 0 Å². The lowest BCUT2D eigenvalue weighted by atomic mass is 9.99. The minimum Gasteiger partial charge on any atom is -0.381 e. The van der Waals surface area contributed by atoms with Gasteiger partial charge in [-0.25, -0.2) is 26.9 Å². The normalized spacial score (nSPS) is 22.0. The molecule has 1 aromatic heterocycles. The number of aromatic nitrogens is 3. The first-order valence-electron chi connectivity index (χ1n) is 9.31. The molecule has 0 spiro atoms. The molecule has 1 atom stereocenters. The zero-order valence-electron chi connectivity index (χ0n) is 15.5. The molecule has 3 heterocycles. The lowest BCUT2D eigenvalue weighted by Gasteiger charge is -2.23. The van der Waals surface area contributed by atoms with Crippen molar-refractivity contribution in [1.82, 2.24) is 19.1 Å². The Labute approximate surface area is 162 Å². The summed E-state index contributed by atoms with van der Waals surface area (Å²) >= 11 is 0. The summed E-state index contributed by atoms with van der Waals surface area (Å²) in [5.74, 6) is -0.0826. The molecule has 2 saturated heterocycles. The fourth-order valence-corrected chi connectivity index (χ4v) is 5.44. The predicted molar refractivity (Wildman–Crippen MR) is 96.3 cm³/mol. The van der Waals surface area contributed by atoms with Gasteiger partial charge in [0.1, 0.15) is 23.3 Å². The first-order chi connectivity index (χ1) is 13.3. The van der Waals surface area contributed by atoms with E-state index in [4.69, 9.17) is 4.74 Å². The second kappa shape index (κ2) is 7.49. The van der Waals surface area contributed by atoms with Gasteiger partial charge in [-0.2, -0.15) is 9.40 Å². The SMILES string of the molecule is Cc1nc(C2CCOCC2)n(C2CCN(S(=O)(=O)c3cc(F)cc(F)c3)C2)n1. The van der Waals surface area contributed by atoms with E-state index in [1.54, 1.807) is 0 Å². The largest absolute Gasteiger partial charge is 0.381 e. The summed E-state index contributed by atoms with van der Waals surface area (Å²) in [6.07, 6.45) is 2.28. The molecule has 0 amide bonds. The Morgan fingerprint density at radius 3 is 2.46 bits per heavy atom.